The van der Waals surface area contributed by atoms with Crippen LogP contribution in [0.25, 0.3) is 0 Å². The molecule has 1 fully saturated rings. The van der Waals surface area contributed by atoms with Gasteiger partial charge in [-0.1, -0.05) is 11.6 Å². The Labute approximate surface area is 118 Å². The van der Waals surface area contributed by atoms with E-state index in [2.05, 4.69) is 0 Å². The summed E-state index contributed by atoms with van der Waals surface area (Å²) in [4.78, 5) is 0.112. The van der Waals surface area contributed by atoms with Crippen LogP contribution in [0.15, 0.2) is 23.1 Å². The molecule has 0 bridgehead atoms. The standard InChI is InChI=1S/C12H17ClN2O3S/c1-18-8-9-4-5-15(7-9)19(16,17)12-3-2-10(14)6-11(12)13/h2-3,6,9H,4-5,7-8,14H2,1H3. The Morgan fingerprint density at radius 3 is 2.89 bits per heavy atom. The maximum Gasteiger partial charge on any atom is 0.244 e. The van der Waals surface area contributed by atoms with Gasteiger partial charge in [0.1, 0.15) is 4.90 Å². The van der Waals surface area contributed by atoms with Crippen molar-refractivity contribution in [1.82, 2.24) is 4.31 Å². The fourth-order valence-corrected chi connectivity index (χ4v) is 4.31. The lowest BCUT2D eigenvalue weighted by Gasteiger charge is -2.17. The smallest absolute Gasteiger partial charge is 0.244 e. The van der Waals surface area contributed by atoms with E-state index in [0.717, 1.165) is 6.42 Å². The Morgan fingerprint density at radius 2 is 2.26 bits per heavy atom. The van der Waals surface area contributed by atoms with Gasteiger partial charge in [0.2, 0.25) is 10.0 Å². The van der Waals surface area contributed by atoms with E-state index in [1.54, 1.807) is 13.2 Å². The highest BCUT2D eigenvalue weighted by Crippen LogP contribution is 2.30. The van der Waals surface area contributed by atoms with E-state index in [1.807, 2.05) is 0 Å². The molecule has 1 unspecified atom stereocenters. The third-order valence-corrected chi connectivity index (χ3v) is 5.57. The first-order valence-electron chi connectivity index (χ1n) is 5.99. The first-order chi connectivity index (χ1) is 8.95. The molecule has 2 rings (SSSR count). The molecule has 19 heavy (non-hydrogen) atoms. The summed E-state index contributed by atoms with van der Waals surface area (Å²) in [5, 5.41) is 0.162. The van der Waals surface area contributed by atoms with Gasteiger partial charge in [0.25, 0.3) is 0 Å². The van der Waals surface area contributed by atoms with Crippen LogP contribution >= 0.6 is 11.6 Å². The second-order valence-corrected chi connectivity index (χ2v) is 6.98. The van der Waals surface area contributed by atoms with E-state index < -0.39 is 10.0 Å². The van der Waals surface area contributed by atoms with E-state index >= 15 is 0 Å². The predicted octanol–water partition coefficient (Wildman–Crippen LogP) is 1.58. The van der Waals surface area contributed by atoms with Crippen LogP contribution < -0.4 is 5.73 Å². The molecule has 0 saturated carbocycles. The first-order valence-corrected chi connectivity index (χ1v) is 7.81. The summed E-state index contributed by atoms with van der Waals surface area (Å²) in [6, 6.07) is 4.45. The average Bonchev–Trinajstić information content (AvgIpc) is 2.78. The van der Waals surface area contributed by atoms with Crippen LogP contribution in [0.5, 0.6) is 0 Å². The van der Waals surface area contributed by atoms with Crippen LogP contribution in [0.3, 0.4) is 0 Å². The highest BCUT2D eigenvalue weighted by Gasteiger charge is 2.33. The molecule has 1 aromatic rings. The topological polar surface area (TPSA) is 72.6 Å². The number of nitrogen functional groups attached to an aromatic ring is 1. The number of hydrogen-bond donors (Lipinski definition) is 1. The van der Waals surface area contributed by atoms with Gasteiger partial charge in [-0.05, 0) is 30.5 Å². The van der Waals surface area contributed by atoms with E-state index in [0.29, 0.717) is 25.4 Å². The monoisotopic (exact) mass is 304 g/mol. The van der Waals surface area contributed by atoms with Gasteiger partial charge in [0.15, 0.2) is 0 Å². The Morgan fingerprint density at radius 1 is 1.53 bits per heavy atom. The number of rotatable bonds is 4. The lowest BCUT2D eigenvalue weighted by Crippen LogP contribution is -2.29. The number of nitrogens with zero attached hydrogens (tertiary/aromatic N) is 1. The van der Waals surface area contributed by atoms with Gasteiger partial charge in [-0.2, -0.15) is 4.31 Å². The minimum absolute atomic E-state index is 0.112. The SMILES string of the molecule is COCC1CCN(S(=O)(=O)c2ccc(N)cc2Cl)C1. The van der Waals surface area contributed by atoms with Crippen LogP contribution in [0.1, 0.15) is 6.42 Å². The zero-order valence-electron chi connectivity index (χ0n) is 10.7. The zero-order valence-corrected chi connectivity index (χ0v) is 12.2. The fraction of sp³-hybridized carbons (Fsp3) is 0.500. The van der Waals surface area contributed by atoms with Gasteiger partial charge >= 0.3 is 0 Å². The Bertz CT molecular complexity index is 562. The van der Waals surface area contributed by atoms with Crippen LogP contribution in [-0.4, -0.2) is 39.5 Å². The normalized spacial score (nSPS) is 20.8. The van der Waals surface area contributed by atoms with Crippen molar-refractivity contribution in [2.45, 2.75) is 11.3 Å². The minimum atomic E-state index is -3.55. The van der Waals surface area contributed by atoms with Crippen molar-refractivity contribution in [2.24, 2.45) is 5.92 Å². The third kappa shape index (κ3) is 3.02. The molecule has 2 N–H and O–H groups in total. The van der Waals surface area contributed by atoms with E-state index in [-0.39, 0.29) is 15.8 Å². The zero-order chi connectivity index (χ0) is 14.0. The molecule has 1 aliphatic heterocycles. The Hall–Kier alpha value is -0.820. The third-order valence-electron chi connectivity index (χ3n) is 3.22. The number of methoxy groups -OCH3 is 1. The molecular formula is C12H17ClN2O3S. The first kappa shape index (κ1) is 14.6. The van der Waals surface area contributed by atoms with Crippen molar-refractivity contribution in [3.05, 3.63) is 23.2 Å². The van der Waals surface area contributed by atoms with Crippen molar-refractivity contribution in [3.8, 4) is 0 Å². The molecule has 0 radical (unpaired) electrons. The van der Waals surface area contributed by atoms with Crippen molar-refractivity contribution in [2.75, 3.05) is 32.5 Å². The average molecular weight is 305 g/mol. The maximum atomic E-state index is 12.5. The van der Waals surface area contributed by atoms with Crippen LogP contribution in [0.2, 0.25) is 5.02 Å². The van der Waals surface area contributed by atoms with Gasteiger partial charge in [-0.25, -0.2) is 8.42 Å². The van der Waals surface area contributed by atoms with E-state index in [4.69, 9.17) is 22.1 Å². The van der Waals surface area contributed by atoms with Crippen LogP contribution in [0, 0.1) is 5.92 Å². The molecule has 0 aromatic heterocycles. The summed E-state index contributed by atoms with van der Waals surface area (Å²) in [7, 11) is -1.93. The van der Waals surface area contributed by atoms with Gasteiger partial charge in [0, 0.05) is 25.9 Å². The molecule has 0 spiro atoms. The Balaban J connectivity index is 2.23. The molecule has 5 nitrogen and oxygen atoms in total. The minimum Gasteiger partial charge on any atom is -0.399 e. The Kier molecular flexibility index (Phi) is 4.35. The van der Waals surface area contributed by atoms with E-state index in [9.17, 15) is 8.42 Å². The number of hydrogen-bond acceptors (Lipinski definition) is 4. The summed E-state index contributed by atoms with van der Waals surface area (Å²) >= 11 is 5.98. The number of sulfonamides is 1. The van der Waals surface area contributed by atoms with Gasteiger partial charge in [-0.3, -0.25) is 0 Å². The molecule has 1 aromatic carbocycles. The molecule has 1 heterocycles. The summed E-state index contributed by atoms with van der Waals surface area (Å²) < 4.78 is 31.5. The van der Waals surface area contributed by atoms with Crippen molar-refractivity contribution in [1.29, 1.82) is 0 Å². The highest BCUT2D eigenvalue weighted by atomic mass is 35.5. The summed E-state index contributed by atoms with van der Waals surface area (Å²) in [5.74, 6) is 0.243. The number of nitrogens with two attached hydrogens (primary N) is 1. The molecule has 106 valence electrons. The number of halogens is 1. The summed E-state index contributed by atoms with van der Waals surface area (Å²) in [5.41, 5.74) is 6.02. The quantitative estimate of drug-likeness (QED) is 0.857. The lowest BCUT2D eigenvalue weighted by molar-refractivity contribution is 0.157. The van der Waals surface area contributed by atoms with Crippen molar-refractivity contribution in [3.63, 3.8) is 0 Å². The second kappa shape index (κ2) is 5.66. The van der Waals surface area contributed by atoms with Crippen LogP contribution in [0.4, 0.5) is 5.69 Å². The summed E-state index contributed by atoms with van der Waals surface area (Å²) in [6.07, 6.45) is 0.805. The number of benzene rings is 1. The van der Waals surface area contributed by atoms with E-state index in [1.165, 1.54) is 16.4 Å². The fourth-order valence-electron chi connectivity index (χ4n) is 2.25. The van der Waals surface area contributed by atoms with Crippen LogP contribution in [-0.2, 0) is 14.8 Å². The number of ether oxygens (including phenoxy) is 1. The molecule has 1 aliphatic rings. The molecule has 0 amide bonds. The largest absolute Gasteiger partial charge is 0.399 e. The summed E-state index contributed by atoms with van der Waals surface area (Å²) in [6.45, 7) is 1.54. The maximum absolute atomic E-state index is 12.5. The second-order valence-electron chi connectivity index (χ2n) is 4.66. The molecule has 1 saturated heterocycles. The molecular weight excluding hydrogens is 288 g/mol. The lowest BCUT2D eigenvalue weighted by atomic mass is 10.1. The van der Waals surface area contributed by atoms with Crippen molar-refractivity contribution >= 4 is 27.3 Å². The molecule has 0 aliphatic carbocycles. The molecule has 1 atom stereocenters. The number of anilines is 1. The van der Waals surface area contributed by atoms with Gasteiger partial charge in [0.05, 0.1) is 11.6 Å². The molecule has 7 heteroatoms. The van der Waals surface area contributed by atoms with Crippen molar-refractivity contribution < 1.29 is 13.2 Å². The van der Waals surface area contributed by atoms with Gasteiger partial charge < -0.3 is 10.5 Å². The predicted molar refractivity (Wildman–Crippen MR) is 74.6 cm³/mol. The van der Waals surface area contributed by atoms with Gasteiger partial charge in [-0.15, -0.1) is 0 Å². The highest BCUT2D eigenvalue weighted by molar-refractivity contribution is 7.89.